The molecule has 0 saturated carbocycles. The summed E-state index contributed by atoms with van der Waals surface area (Å²) < 4.78 is 11.2. The number of piperazine rings is 1. The first-order valence-corrected chi connectivity index (χ1v) is 14.5. The minimum Gasteiger partial charge on any atom is -0.465 e. The van der Waals surface area contributed by atoms with E-state index in [1.54, 1.807) is 0 Å². The standard InChI is InChI=1S/C30H36N6O5/c1-19-13-31-28-24(19)12-22(14-32-28)21-10-20-2-3-35(29(37)34-6-4-33(5-7-34)23-16-41-17-23)15-26(20)25(11-21)27-18-40-9-8-36(27)30(38)39/h10-14,23,27H,2-9,15-18H2,1H3,(H,31,32)(H,38,39)/t27-/m0/s1. The monoisotopic (exact) mass is 560 g/mol. The van der Waals surface area contributed by atoms with Crippen molar-refractivity contribution in [3.63, 3.8) is 0 Å². The molecule has 0 unspecified atom stereocenters. The third-order valence-electron chi connectivity index (χ3n) is 9.17. The highest BCUT2D eigenvalue weighted by Crippen LogP contribution is 2.37. The van der Waals surface area contributed by atoms with Crippen LogP contribution in [0, 0.1) is 6.92 Å². The molecule has 7 rings (SSSR count). The number of hydrogen-bond donors (Lipinski definition) is 2. The van der Waals surface area contributed by atoms with Crippen LogP contribution in [0.5, 0.6) is 0 Å². The molecule has 2 N–H and O–H groups in total. The number of pyridine rings is 1. The lowest BCUT2D eigenvalue weighted by atomic mass is 9.87. The van der Waals surface area contributed by atoms with Crippen molar-refractivity contribution < 1.29 is 24.2 Å². The summed E-state index contributed by atoms with van der Waals surface area (Å²) in [7, 11) is 0. The Balaban J connectivity index is 1.20. The molecule has 11 nitrogen and oxygen atoms in total. The molecule has 11 heteroatoms. The fraction of sp³-hybridized carbons (Fsp3) is 0.500. The van der Waals surface area contributed by atoms with E-state index in [0.29, 0.717) is 51.8 Å². The van der Waals surface area contributed by atoms with Crippen molar-refractivity contribution in [2.75, 3.05) is 65.7 Å². The highest BCUT2D eigenvalue weighted by atomic mass is 16.5. The smallest absolute Gasteiger partial charge is 0.407 e. The number of carbonyl (C=O) groups is 2. The van der Waals surface area contributed by atoms with Gasteiger partial charge in [-0.1, -0.05) is 6.07 Å². The SMILES string of the molecule is Cc1c[nH]c2ncc(-c3cc4c(c([C@@H]5COCCN5C(=O)O)c3)CN(C(=O)N3CCN(C5COC5)CC3)CC4)cc12. The summed E-state index contributed by atoms with van der Waals surface area (Å²) in [6.45, 7) is 8.84. The average Bonchev–Trinajstić information content (AvgIpc) is 3.35. The molecular formula is C30H36N6O5. The molecule has 0 bridgehead atoms. The second kappa shape index (κ2) is 10.6. The van der Waals surface area contributed by atoms with E-state index < -0.39 is 12.1 Å². The Bertz CT molecular complexity index is 1480. The molecule has 1 aromatic carbocycles. The van der Waals surface area contributed by atoms with E-state index in [9.17, 15) is 14.7 Å². The first-order chi connectivity index (χ1) is 20.0. The molecule has 3 saturated heterocycles. The van der Waals surface area contributed by atoms with Gasteiger partial charge in [0.15, 0.2) is 0 Å². The Kier molecular flexibility index (Phi) is 6.80. The van der Waals surface area contributed by atoms with Crippen molar-refractivity contribution in [1.82, 2.24) is 29.6 Å². The number of fused-ring (bicyclic) bond motifs is 2. The third-order valence-corrected chi connectivity index (χ3v) is 9.17. The number of rotatable bonds is 3. The lowest BCUT2D eigenvalue weighted by Gasteiger charge is -2.44. The third kappa shape index (κ3) is 4.81. The molecule has 0 aliphatic carbocycles. The summed E-state index contributed by atoms with van der Waals surface area (Å²) in [5, 5.41) is 11.1. The molecule has 3 amide bonds. The zero-order chi connectivity index (χ0) is 28.1. The van der Waals surface area contributed by atoms with Crippen LogP contribution >= 0.6 is 0 Å². The molecule has 4 aliphatic heterocycles. The van der Waals surface area contributed by atoms with Gasteiger partial charge in [0.2, 0.25) is 0 Å². The highest BCUT2D eigenvalue weighted by molar-refractivity contribution is 5.85. The van der Waals surface area contributed by atoms with Crippen LogP contribution in [-0.2, 0) is 22.4 Å². The largest absolute Gasteiger partial charge is 0.465 e. The number of aromatic nitrogens is 2. The van der Waals surface area contributed by atoms with E-state index in [2.05, 4.69) is 40.0 Å². The number of hydrogen-bond acceptors (Lipinski definition) is 6. The topological polar surface area (TPSA) is 114 Å². The van der Waals surface area contributed by atoms with E-state index in [4.69, 9.17) is 9.47 Å². The maximum atomic E-state index is 13.7. The predicted molar refractivity (Wildman–Crippen MR) is 152 cm³/mol. The van der Waals surface area contributed by atoms with Crippen molar-refractivity contribution in [2.24, 2.45) is 0 Å². The van der Waals surface area contributed by atoms with Crippen molar-refractivity contribution in [3.8, 4) is 11.1 Å². The van der Waals surface area contributed by atoms with E-state index in [1.165, 1.54) is 4.90 Å². The number of nitrogens with one attached hydrogen (secondary N) is 1. The van der Waals surface area contributed by atoms with Crippen molar-refractivity contribution in [2.45, 2.75) is 32.0 Å². The van der Waals surface area contributed by atoms with Gasteiger partial charge in [0, 0.05) is 69.2 Å². The van der Waals surface area contributed by atoms with E-state index in [1.807, 2.05) is 22.2 Å². The lowest BCUT2D eigenvalue weighted by molar-refractivity contribution is -0.0747. The number of aromatic amines is 1. The zero-order valence-corrected chi connectivity index (χ0v) is 23.3. The van der Waals surface area contributed by atoms with Crippen LogP contribution in [0.15, 0.2) is 30.6 Å². The second-order valence-corrected chi connectivity index (χ2v) is 11.5. The van der Waals surface area contributed by atoms with Crippen LogP contribution in [0.2, 0.25) is 0 Å². The van der Waals surface area contributed by atoms with Crippen LogP contribution in [0.4, 0.5) is 9.59 Å². The summed E-state index contributed by atoms with van der Waals surface area (Å²) in [5.74, 6) is 0. The van der Waals surface area contributed by atoms with Crippen LogP contribution in [0.25, 0.3) is 22.2 Å². The molecule has 4 aliphatic rings. The molecule has 41 heavy (non-hydrogen) atoms. The minimum atomic E-state index is -0.957. The van der Waals surface area contributed by atoms with Crippen molar-refractivity contribution in [3.05, 3.63) is 52.8 Å². The fourth-order valence-electron chi connectivity index (χ4n) is 6.62. The van der Waals surface area contributed by atoms with E-state index >= 15 is 0 Å². The Labute approximate surface area is 238 Å². The summed E-state index contributed by atoms with van der Waals surface area (Å²) in [6, 6.07) is 6.52. The Morgan fingerprint density at radius 1 is 0.976 bits per heavy atom. The molecule has 3 fully saturated rings. The van der Waals surface area contributed by atoms with Gasteiger partial charge in [-0.25, -0.2) is 14.6 Å². The first-order valence-electron chi connectivity index (χ1n) is 14.5. The minimum absolute atomic E-state index is 0.0581. The Morgan fingerprint density at radius 2 is 1.80 bits per heavy atom. The van der Waals surface area contributed by atoms with Gasteiger partial charge in [0.05, 0.1) is 38.5 Å². The maximum absolute atomic E-state index is 13.7. The van der Waals surface area contributed by atoms with Gasteiger partial charge in [-0.15, -0.1) is 0 Å². The van der Waals surface area contributed by atoms with Crippen LogP contribution in [-0.4, -0.2) is 119 Å². The van der Waals surface area contributed by atoms with Crippen LogP contribution in [0.1, 0.15) is 28.3 Å². The van der Waals surface area contributed by atoms with Crippen LogP contribution < -0.4 is 0 Å². The summed E-state index contributed by atoms with van der Waals surface area (Å²) in [6.07, 6.45) is 3.57. The number of amides is 3. The highest BCUT2D eigenvalue weighted by Gasteiger charge is 2.36. The second-order valence-electron chi connectivity index (χ2n) is 11.5. The number of carboxylic acid groups (broad SMARTS) is 1. The molecular weight excluding hydrogens is 524 g/mol. The number of urea groups is 1. The average molecular weight is 561 g/mol. The fourth-order valence-corrected chi connectivity index (χ4v) is 6.62. The zero-order valence-electron chi connectivity index (χ0n) is 23.3. The molecule has 3 aromatic rings. The molecule has 0 spiro atoms. The number of morpholine rings is 1. The van der Waals surface area contributed by atoms with Crippen LogP contribution in [0.3, 0.4) is 0 Å². The van der Waals surface area contributed by atoms with Gasteiger partial charge in [-0.2, -0.15) is 0 Å². The quantitative estimate of drug-likeness (QED) is 0.506. The Hall–Kier alpha value is -3.67. The molecule has 0 radical (unpaired) electrons. The Morgan fingerprint density at radius 3 is 2.56 bits per heavy atom. The number of ether oxygens (including phenoxy) is 2. The van der Waals surface area contributed by atoms with Gasteiger partial charge in [-0.3, -0.25) is 9.80 Å². The number of H-pyrrole nitrogens is 1. The molecule has 1 atom stereocenters. The normalized spacial score (nSPS) is 22.1. The van der Waals surface area contributed by atoms with Gasteiger partial charge in [0.25, 0.3) is 0 Å². The summed E-state index contributed by atoms with van der Waals surface area (Å²) in [4.78, 5) is 41.6. The van der Waals surface area contributed by atoms with Gasteiger partial charge in [-0.05, 0) is 53.3 Å². The summed E-state index contributed by atoms with van der Waals surface area (Å²) >= 11 is 0. The van der Waals surface area contributed by atoms with E-state index in [-0.39, 0.29) is 12.6 Å². The van der Waals surface area contributed by atoms with Gasteiger partial charge in [0.1, 0.15) is 5.65 Å². The van der Waals surface area contributed by atoms with Gasteiger partial charge < -0.3 is 29.4 Å². The maximum Gasteiger partial charge on any atom is 0.407 e. The number of aryl methyl sites for hydroxylation is 1. The molecule has 216 valence electrons. The first kappa shape index (κ1) is 26.2. The molecule has 6 heterocycles. The van der Waals surface area contributed by atoms with Gasteiger partial charge >= 0.3 is 12.1 Å². The number of carbonyl (C=O) groups excluding carboxylic acids is 1. The molecule has 2 aromatic heterocycles. The van der Waals surface area contributed by atoms with Crippen molar-refractivity contribution >= 4 is 23.2 Å². The number of nitrogens with zero attached hydrogens (tertiary/aromatic N) is 5. The van der Waals surface area contributed by atoms with E-state index in [0.717, 1.165) is 70.7 Å². The lowest BCUT2D eigenvalue weighted by Crippen LogP contribution is -2.59. The predicted octanol–water partition coefficient (Wildman–Crippen LogP) is 3.08. The summed E-state index contributed by atoms with van der Waals surface area (Å²) in [5.41, 5.74) is 7.05. The number of benzene rings is 1. The van der Waals surface area contributed by atoms with Crippen molar-refractivity contribution in [1.29, 1.82) is 0 Å².